The summed E-state index contributed by atoms with van der Waals surface area (Å²) in [7, 11) is -3.15. The molecule has 0 unspecified atom stereocenters. The van der Waals surface area contributed by atoms with Crippen molar-refractivity contribution in [2.45, 2.75) is 4.90 Å². The summed E-state index contributed by atoms with van der Waals surface area (Å²) in [6.07, 6.45) is 0. The van der Waals surface area contributed by atoms with Gasteiger partial charge < -0.3 is 9.84 Å². The highest BCUT2D eigenvalue weighted by atomic mass is 35.5. The number of hydrogen-bond acceptors (Lipinski definition) is 4. The maximum absolute atomic E-state index is 14.0. The minimum absolute atomic E-state index is 0.0292. The molecular formula is C15H12ClF2NO5S. The van der Waals surface area contributed by atoms with Gasteiger partial charge in [0.05, 0.1) is 22.7 Å². The van der Waals surface area contributed by atoms with Gasteiger partial charge in [-0.05, 0) is 30.3 Å². The van der Waals surface area contributed by atoms with Crippen LogP contribution in [-0.2, 0) is 14.8 Å². The molecule has 0 heterocycles. The molecule has 0 amide bonds. The Labute approximate surface area is 147 Å². The zero-order valence-electron chi connectivity index (χ0n) is 12.7. The molecule has 0 saturated heterocycles. The summed E-state index contributed by atoms with van der Waals surface area (Å²) in [4.78, 5) is 10.7. The summed E-state index contributed by atoms with van der Waals surface area (Å²) < 4.78 is 57.8. The van der Waals surface area contributed by atoms with Crippen molar-refractivity contribution < 1.29 is 31.8 Å². The summed E-state index contributed by atoms with van der Waals surface area (Å²) in [5.41, 5.74) is -0.601. The number of benzene rings is 2. The second-order valence-corrected chi connectivity index (χ2v) is 7.07. The maximum Gasteiger partial charge on any atom is 0.324 e. The van der Waals surface area contributed by atoms with Gasteiger partial charge in [-0.1, -0.05) is 11.6 Å². The summed E-state index contributed by atoms with van der Waals surface area (Å²) in [5, 5.41) is 8.96. The van der Waals surface area contributed by atoms with E-state index in [9.17, 15) is 22.0 Å². The van der Waals surface area contributed by atoms with Gasteiger partial charge in [-0.25, -0.2) is 17.2 Å². The Morgan fingerprint density at radius 3 is 2.44 bits per heavy atom. The molecule has 6 nitrogen and oxygen atoms in total. The van der Waals surface area contributed by atoms with E-state index in [1.165, 1.54) is 13.2 Å². The monoisotopic (exact) mass is 391 g/mol. The normalized spacial score (nSPS) is 11.2. The quantitative estimate of drug-likeness (QED) is 0.818. The number of nitrogens with zero attached hydrogens (tertiary/aromatic N) is 1. The summed E-state index contributed by atoms with van der Waals surface area (Å²) >= 11 is 5.90. The van der Waals surface area contributed by atoms with Crippen molar-refractivity contribution >= 4 is 33.3 Å². The highest BCUT2D eigenvalue weighted by Crippen LogP contribution is 2.31. The van der Waals surface area contributed by atoms with Crippen LogP contribution >= 0.6 is 11.6 Å². The number of hydrogen-bond donors (Lipinski definition) is 1. The van der Waals surface area contributed by atoms with E-state index in [0.717, 1.165) is 24.3 Å². The second kappa shape index (κ2) is 7.24. The number of halogens is 3. The fourth-order valence-electron chi connectivity index (χ4n) is 2.04. The van der Waals surface area contributed by atoms with Crippen LogP contribution in [0.5, 0.6) is 5.75 Å². The van der Waals surface area contributed by atoms with Gasteiger partial charge in [-0.3, -0.25) is 9.10 Å². The van der Waals surface area contributed by atoms with Crippen LogP contribution in [0.2, 0.25) is 5.02 Å². The fourth-order valence-corrected chi connectivity index (χ4v) is 3.81. The van der Waals surface area contributed by atoms with E-state index in [1.807, 2.05) is 0 Å². The molecule has 0 bridgehead atoms. The summed E-state index contributed by atoms with van der Waals surface area (Å²) in [6, 6.07) is 5.58. The highest BCUT2D eigenvalue weighted by Gasteiger charge is 2.30. The molecule has 1 N–H and O–H groups in total. The molecule has 0 aliphatic heterocycles. The van der Waals surface area contributed by atoms with Crippen LogP contribution < -0.4 is 9.04 Å². The van der Waals surface area contributed by atoms with Gasteiger partial charge in [0.2, 0.25) is 0 Å². The molecule has 10 heteroatoms. The van der Waals surface area contributed by atoms with E-state index in [0.29, 0.717) is 10.4 Å². The number of aliphatic carboxylic acids is 1. The molecule has 0 radical (unpaired) electrons. The standard InChI is InChI=1S/C15H12ClF2NO5S/c1-24-14-5-3-10(7-11(14)16)25(22,23)19(8-15(20)21)13-4-2-9(17)6-12(13)18/h2-7H,8H2,1H3,(H,20,21). The molecule has 0 saturated carbocycles. The van der Waals surface area contributed by atoms with E-state index in [4.69, 9.17) is 21.4 Å². The van der Waals surface area contributed by atoms with E-state index < -0.39 is 39.9 Å². The van der Waals surface area contributed by atoms with Crippen molar-refractivity contribution in [3.63, 3.8) is 0 Å². The Kier molecular flexibility index (Phi) is 5.48. The average molecular weight is 392 g/mol. The van der Waals surface area contributed by atoms with Gasteiger partial charge in [0.15, 0.2) is 0 Å². The molecule has 0 aromatic heterocycles. The van der Waals surface area contributed by atoms with E-state index >= 15 is 0 Å². The topological polar surface area (TPSA) is 83.9 Å². The first-order valence-corrected chi connectivity index (χ1v) is 8.51. The second-order valence-electron chi connectivity index (χ2n) is 4.80. The molecule has 0 spiro atoms. The van der Waals surface area contributed by atoms with Crippen LogP contribution in [0.1, 0.15) is 0 Å². The molecule has 0 atom stereocenters. The van der Waals surface area contributed by atoms with Crippen molar-refractivity contribution in [3.05, 3.63) is 53.1 Å². The lowest BCUT2D eigenvalue weighted by Gasteiger charge is -2.23. The van der Waals surface area contributed by atoms with Gasteiger partial charge in [-0.2, -0.15) is 0 Å². The molecule has 2 rings (SSSR count). The van der Waals surface area contributed by atoms with Crippen LogP contribution in [0.4, 0.5) is 14.5 Å². The Bertz CT molecular complexity index is 920. The third-order valence-corrected chi connectivity index (χ3v) is 5.22. The van der Waals surface area contributed by atoms with Crippen molar-refractivity contribution in [3.8, 4) is 5.75 Å². The zero-order chi connectivity index (χ0) is 18.8. The minimum Gasteiger partial charge on any atom is -0.495 e. The number of sulfonamides is 1. The Morgan fingerprint density at radius 2 is 1.92 bits per heavy atom. The van der Waals surface area contributed by atoms with Gasteiger partial charge in [0, 0.05) is 6.07 Å². The molecule has 25 heavy (non-hydrogen) atoms. The summed E-state index contributed by atoms with van der Waals surface area (Å²) in [6.45, 7) is -1.06. The van der Waals surface area contributed by atoms with E-state index in [1.54, 1.807) is 0 Å². The molecule has 2 aromatic rings. The predicted octanol–water partition coefficient (Wildman–Crippen LogP) is 2.91. The van der Waals surface area contributed by atoms with Crippen LogP contribution in [0.15, 0.2) is 41.3 Å². The third kappa shape index (κ3) is 3.99. The van der Waals surface area contributed by atoms with E-state index in [2.05, 4.69) is 0 Å². The summed E-state index contributed by atoms with van der Waals surface area (Å²) in [5.74, 6) is -3.46. The highest BCUT2D eigenvalue weighted by molar-refractivity contribution is 7.92. The lowest BCUT2D eigenvalue weighted by Crippen LogP contribution is -2.36. The number of methoxy groups -OCH3 is 1. The van der Waals surface area contributed by atoms with E-state index in [-0.39, 0.29) is 15.7 Å². The first-order valence-electron chi connectivity index (χ1n) is 6.70. The Hall–Kier alpha value is -2.39. The SMILES string of the molecule is COc1ccc(S(=O)(=O)N(CC(=O)O)c2ccc(F)cc2F)cc1Cl. The zero-order valence-corrected chi connectivity index (χ0v) is 14.3. The number of carbonyl (C=O) groups is 1. The molecule has 0 fully saturated rings. The fraction of sp³-hybridized carbons (Fsp3) is 0.133. The smallest absolute Gasteiger partial charge is 0.324 e. The third-order valence-electron chi connectivity index (χ3n) is 3.17. The molecule has 0 aliphatic carbocycles. The molecular weight excluding hydrogens is 380 g/mol. The van der Waals surface area contributed by atoms with Gasteiger partial charge >= 0.3 is 5.97 Å². The van der Waals surface area contributed by atoms with Crippen molar-refractivity contribution in [1.29, 1.82) is 0 Å². The Morgan fingerprint density at radius 1 is 1.24 bits per heavy atom. The first kappa shape index (κ1) is 18.9. The molecule has 2 aromatic carbocycles. The van der Waals surface area contributed by atoms with Crippen LogP contribution in [0.25, 0.3) is 0 Å². The average Bonchev–Trinajstić information content (AvgIpc) is 2.52. The van der Waals surface area contributed by atoms with Crippen LogP contribution in [0, 0.1) is 11.6 Å². The lowest BCUT2D eigenvalue weighted by molar-refractivity contribution is -0.135. The number of carboxylic acids is 1. The number of carboxylic acid groups (broad SMARTS) is 1. The van der Waals surface area contributed by atoms with Gasteiger partial charge in [-0.15, -0.1) is 0 Å². The Balaban J connectivity index is 2.60. The van der Waals surface area contributed by atoms with Crippen molar-refractivity contribution in [2.75, 3.05) is 18.0 Å². The predicted molar refractivity (Wildman–Crippen MR) is 86.5 cm³/mol. The van der Waals surface area contributed by atoms with Crippen molar-refractivity contribution in [1.82, 2.24) is 0 Å². The molecule has 0 aliphatic rings. The number of rotatable bonds is 6. The number of anilines is 1. The minimum atomic E-state index is -4.48. The van der Waals surface area contributed by atoms with Crippen LogP contribution in [0.3, 0.4) is 0 Å². The number of ether oxygens (including phenoxy) is 1. The lowest BCUT2D eigenvalue weighted by atomic mass is 10.3. The van der Waals surface area contributed by atoms with Gasteiger partial charge in [0.25, 0.3) is 10.0 Å². The van der Waals surface area contributed by atoms with Crippen LogP contribution in [-0.4, -0.2) is 33.1 Å². The molecule has 134 valence electrons. The largest absolute Gasteiger partial charge is 0.495 e. The maximum atomic E-state index is 14.0. The van der Waals surface area contributed by atoms with Crippen molar-refractivity contribution in [2.24, 2.45) is 0 Å². The van der Waals surface area contributed by atoms with Gasteiger partial charge in [0.1, 0.15) is 23.9 Å². The first-order chi connectivity index (χ1) is 11.7.